The van der Waals surface area contributed by atoms with Crippen LogP contribution in [0.15, 0.2) is 89.8 Å². The summed E-state index contributed by atoms with van der Waals surface area (Å²) in [5, 5.41) is 0. The van der Waals surface area contributed by atoms with Gasteiger partial charge in [0.2, 0.25) is 10.0 Å². The highest BCUT2D eigenvalue weighted by atomic mass is 32.2. The Bertz CT molecular complexity index is 959. The predicted molar refractivity (Wildman–Crippen MR) is 106 cm³/mol. The number of sulfonamides is 1. The Labute approximate surface area is 159 Å². The summed E-state index contributed by atoms with van der Waals surface area (Å²) in [5.74, 6) is 0.592. The van der Waals surface area contributed by atoms with Crippen molar-refractivity contribution >= 4 is 10.0 Å². The third-order valence-electron chi connectivity index (χ3n) is 4.35. The van der Waals surface area contributed by atoms with Crippen molar-refractivity contribution in [2.75, 3.05) is 7.11 Å². The SMILES string of the molecule is COc1ccc(S(=O)(=O)N[C@@H](c2ccccc2)[C@@H](N)c2ccccc2)cc1. The standard InChI is InChI=1S/C21H22N2O3S/c1-26-18-12-14-19(15-13-18)27(24,25)23-21(17-10-6-3-7-11-17)20(22)16-8-4-2-5-9-16/h2-15,20-21,23H,22H2,1H3/t20-,21-/m0/s1. The maximum absolute atomic E-state index is 12.9. The summed E-state index contributed by atoms with van der Waals surface area (Å²) in [7, 11) is -2.24. The molecule has 3 rings (SSSR count). The zero-order valence-corrected chi connectivity index (χ0v) is 15.8. The third-order valence-corrected chi connectivity index (χ3v) is 5.81. The van der Waals surface area contributed by atoms with Crippen LogP contribution >= 0.6 is 0 Å². The van der Waals surface area contributed by atoms with Crippen molar-refractivity contribution in [3.8, 4) is 5.75 Å². The minimum absolute atomic E-state index is 0.157. The molecule has 6 heteroatoms. The first-order valence-electron chi connectivity index (χ1n) is 8.53. The summed E-state index contributed by atoms with van der Waals surface area (Å²) in [6, 6.07) is 23.9. The second-order valence-corrected chi connectivity index (χ2v) is 7.84. The summed E-state index contributed by atoms with van der Waals surface area (Å²) < 4.78 is 33.7. The van der Waals surface area contributed by atoms with Gasteiger partial charge >= 0.3 is 0 Å². The van der Waals surface area contributed by atoms with E-state index in [4.69, 9.17) is 10.5 Å². The van der Waals surface area contributed by atoms with Crippen molar-refractivity contribution in [2.45, 2.75) is 17.0 Å². The molecule has 0 aliphatic rings. The molecule has 3 N–H and O–H groups in total. The van der Waals surface area contributed by atoms with Crippen molar-refractivity contribution in [1.82, 2.24) is 4.72 Å². The highest BCUT2D eigenvalue weighted by molar-refractivity contribution is 7.89. The van der Waals surface area contributed by atoms with Crippen LogP contribution in [0.1, 0.15) is 23.2 Å². The Morgan fingerprint density at radius 2 is 1.33 bits per heavy atom. The van der Waals surface area contributed by atoms with Crippen LogP contribution in [0, 0.1) is 0 Å². The first kappa shape index (κ1) is 19.1. The van der Waals surface area contributed by atoms with Gasteiger partial charge in [-0.05, 0) is 35.4 Å². The Morgan fingerprint density at radius 1 is 0.815 bits per heavy atom. The van der Waals surface area contributed by atoms with E-state index in [2.05, 4.69) is 4.72 Å². The molecule has 0 saturated carbocycles. The maximum atomic E-state index is 12.9. The molecule has 2 atom stereocenters. The Hall–Kier alpha value is -2.67. The first-order chi connectivity index (χ1) is 13.0. The van der Waals surface area contributed by atoms with Gasteiger partial charge in [-0.1, -0.05) is 60.7 Å². The van der Waals surface area contributed by atoms with E-state index in [1.807, 2.05) is 60.7 Å². The second-order valence-electron chi connectivity index (χ2n) is 6.12. The lowest BCUT2D eigenvalue weighted by Gasteiger charge is -2.26. The van der Waals surface area contributed by atoms with Crippen LogP contribution in [-0.4, -0.2) is 15.5 Å². The smallest absolute Gasteiger partial charge is 0.241 e. The van der Waals surface area contributed by atoms with Gasteiger partial charge in [0.15, 0.2) is 0 Å². The van der Waals surface area contributed by atoms with Gasteiger partial charge < -0.3 is 10.5 Å². The van der Waals surface area contributed by atoms with Gasteiger partial charge in [-0.25, -0.2) is 13.1 Å². The first-order valence-corrected chi connectivity index (χ1v) is 10.0. The van der Waals surface area contributed by atoms with Crippen molar-refractivity contribution < 1.29 is 13.2 Å². The second kappa shape index (κ2) is 8.35. The van der Waals surface area contributed by atoms with E-state index in [9.17, 15) is 8.42 Å². The van der Waals surface area contributed by atoms with E-state index < -0.39 is 22.1 Å². The minimum atomic E-state index is -3.77. The van der Waals surface area contributed by atoms with Crippen molar-refractivity contribution in [2.24, 2.45) is 5.73 Å². The van der Waals surface area contributed by atoms with Gasteiger partial charge in [0, 0.05) is 0 Å². The molecule has 0 unspecified atom stereocenters. The van der Waals surface area contributed by atoms with E-state index in [-0.39, 0.29) is 4.90 Å². The van der Waals surface area contributed by atoms with Gasteiger partial charge in [0.05, 0.1) is 24.1 Å². The number of benzene rings is 3. The van der Waals surface area contributed by atoms with E-state index in [1.54, 1.807) is 12.1 Å². The zero-order chi connectivity index (χ0) is 19.3. The highest BCUT2D eigenvalue weighted by Gasteiger charge is 2.27. The Balaban J connectivity index is 1.95. The lowest BCUT2D eigenvalue weighted by atomic mass is 9.95. The molecular weight excluding hydrogens is 360 g/mol. The quantitative estimate of drug-likeness (QED) is 0.656. The largest absolute Gasteiger partial charge is 0.497 e. The van der Waals surface area contributed by atoms with Crippen LogP contribution in [0.25, 0.3) is 0 Å². The van der Waals surface area contributed by atoms with Gasteiger partial charge in [0.1, 0.15) is 5.75 Å². The van der Waals surface area contributed by atoms with Crippen LogP contribution in [0.3, 0.4) is 0 Å². The molecule has 0 bridgehead atoms. The van der Waals surface area contributed by atoms with Crippen LogP contribution in [0.4, 0.5) is 0 Å². The van der Waals surface area contributed by atoms with Gasteiger partial charge in [0.25, 0.3) is 0 Å². The highest BCUT2D eigenvalue weighted by Crippen LogP contribution is 2.29. The average Bonchev–Trinajstić information content (AvgIpc) is 2.73. The van der Waals surface area contributed by atoms with Crippen LogP contribution < -0.4 is 15.2 Å². The lowest BCUT2D eigenvalue weighted by Crippen LogP contribution is -2.36. The number of nitrogens with one attached hydrogen (secondary N) is 1. The summed E-state index contributed by atoms with van der Waals surface area (Å²) in [5.41, 5.74) is 8.10. The molecule has 0 heterocycles. The van der Waals surface area contributed by atoms with Gasteiger partial charge in [-0.3, -0.25) is 0 Å². The molecule has 0 saturated heterocycles. The molecule has 0 fully saturated rings. The van der Waals surface area contributed by atoms with Gasteiger partial charge in [-0.2, -0.15) is 0 Å². The number of rotatable bonds is 7. The molecule has 0 aliphatic heterocycles. The van der Waals surface area contributed by atoms with E-state index in [0.717, 1.165) is 11.1 Å². The predicted octanol–water partition coefficient (Wildman–Crippen LogP) is 3.41. The zero-order valence-electron chi connectivity index (χ0n) is 14.9. The molecular formula is C21H22N2O3S. The fraction of sp³-hybridized carbons (Fsp3) is 0.143. The molecule has 3 aromatic rings. The van der Waals surface area contributed by atoms with E-state index in [0.29, 0.717) is 5.75 Å². The van der Waals surface area contributed by atoms with Crippen molar-refractivity contribution in [1.29, 1.82) is 0 Å². The fourth-order valence-corrected chi connectivity index (χ4v) is 4.11. The van der Waals surface area contributed by atoms with Crippen LogP contribution in [0.5, 0.6) is 5.75 Å². The normalized spacial score (nSPS) is 13.7. The average molecular weight is 382 g/mol. The molecule has 0 spiro atoms. The number of nitrogens with two attached hydrogens (primary N) is 1. The summed E-state index contributed by atoms with van der Waals surface area (Å²) in [4.78, 5) is 0.157. The summed E-state index contributed by atoms with van der Waals surface area (Å²) in [6.45, 7) is 0. The van der Waals surface area contributed by atoms with E-state index >= 15 is 0 Å². The lowest BCUT2D eigenvalue weighted by molar-refractivity contribution is 0.414. The number of methoxy groups -OCH3 is 1. The third kappa shape index (κ3) is 4.54. The molecule has 140 valence electrons. The topological polar surface area (TPSA) is 81.4 Å². The molecule has 27 heavy (non-hydrogen) atoms. The monoisotopic (exact) mass is 382 g/mol. The molecule has 0 aromatic heterocycles. The number of hydrogen-bond acceptors (Lipinski definition) is 4. The molecule has 3 aromatic carbocycles. The van der Waals surface area contributed by atoms with Crippen molar-refractivity contribution in [3.05, 3.63) is 96.1 Å². The van der Waals surface area contributed by atoms with Gasteiger partial charge in [-0.15, -0.1) is 0 Å². The Kier molecular flexibility index (Phi) is 5.91. The maximum Gasteiger partial charge on any atom is 0.241 e. The van der Waals surface area contributed by atoms with Crippen molar-refractivity contribution in [3.63, 3.8) is 0 Å². The van der Waals surface area contributed by atoms with E-state index in [1.165, 1.54) is 19.2 Å². The van der Waals surface area contributed by atoms with Crippen LogP contribution in [0.2, 0.25) is 0 Å². The molecule has 0 radical (unpaired) electrons. The molecule has 5 nitrogen and oxygen atoms in total. The fourth-order valence-electron chi connectivity index (χ4n) is 2.87. The Morgan fingerprint density at radius 3 is 1.85 bits per heavy atom. The molecule has 0 amide bonds. The summed E-state index contributed by atoms with van der Waals surface area (Å²) in [6.07, 6.45) is 0. The number of hydrogen-bond donors (Lipinski definition) is 2. The summed E-state index contributed by atoms with van der Waals surface area (Å²) >= 11 is 0. The molecule has 0 aliphatic carbocycles. The number of ether oxygens (including phenoxy) is 1. The van der Waals surface area contributed by atoms with Crippen LogP contribution in [-0.2, 0) is 10.0 Å². The minimum Gasteiger partial charge on any atom is -0.497 e.